The molecule has 0 spiro atoms. The van der Waals surface area contributed by atoms with Crippen molar-refractivity contribution in [2.75, 3.05) is 39.9 Å². The fourth-order valence-electron chi connectivity index (χ4n) is 2.79. The van der Waals surface area contributed by atoms with Crippen LogP contribution in [0.3, 0.4) is 0 Å². The van der Waals surface area contributed by atoms with Crippen LogP contribution in [0.5, 0.6) is 5.75 Å². The molecule has 1 N–H and O–H groups in total. The second-order valence-electron chi connectivity index (χ2n) is 5.29. The van der Waals surface area contributed by atoms with Crippen LogP contribution in [0, 0.1) is 0 Å². The van der Waals surface area contributed by atoms with Crippen LogP contribution in [-0.2, 0) is 4.74 Å². The molecule has 0 aromatic heterocycles. The molecule has 1 aromatic carbocycles. The number of likely N-dealkylation sites (N-methyl/N-ethyl adjacent to an activating group) is 1. The van der Waals surface area contributed by atoms with E-state index in [1.807, 2.05) is 12.1 Å². The second kappa shape index (κ2) is 7.62. The van der Waals surface area contributed by atoms with E-state index in [0.29, 0.717) is 12.1 Å². The van der Waals surface area contributed by atoms with Gasteiger partial charge in [0.05, 0.1) is 19.8 Å². The summed E-state index contributed by atoms with van der Waals surface area (Å²) < 4.78 is 11.1. The Morgan fingerprint density at radius 2 is 2.25 bits per heavy atom. The van der Waals surface area contributed by atoms with Crippen molar-refractivity contribution in [2.45, 2.75) is 26.0 Å². The maximum Gasteiger partial charge on any atom is 0.123 e. The van der Waals surface area contributed by atoms with Crippen LogP contribution in [0.25, 0.3) is 0 Å². The lowest BCUT2D eigenvalue weighted by molar-refractivity contribution is -0.0211. The van der Waals surface area contributed by atoms with Crippen LogP contribution in [0.4, 0.5) is 0 Å². The summed E-state index contributed by atoms with van der Waals surface area (Å²) in [6, 6.07) is 8.56. The molecule has 2 rings (SSSR count). The maximum atomic E-state index is 5.61. The molecule has 4 nitrogen and oxygen atoms in total. The van der Waals surface area contributed by atoms with Gasteiger partial charge >= 0.3 is 0 Å². The van der Waals surface area contributed by atoms with Gasteiger partial charge < -0.3 is 14.8 Å². The smallest absolute Gasteiger partial charge is 0.123 e. The summed E-state index contributed by atoms with van der Waals surface area (Å²) in [4.78, 5) is 2.47. The van der Waals surface area contributed by atoms with Gasteiger partial charge in [-0.05, 0) is 19.5 Å². The van der Waals surface area contributed by atoms with Crippen molar-refractivity contribution >= 4 is 0 Å². The molecule has 2 unspecified atom stereocenters. The Bertz CT molecular complexity index is 411. The molecule has 4 heteroatoms. The predicted octanol–water partition coefficient (Wildman–Crippen LogP) is 2.07. The summed E-state index contributed by atoms with van der Waals surface area (Å²) in [6.07, 6.45) is 0.323. The minimum atomic E-state index is 0.293. The Labute approximate surface area is 122 Å². The SMILES string of the molecule is CCNC(CN1CCOC(C)C1)c1ccccc1OC. The highest BCUT2D eigenvalue weighted by atomic mass is 16.5. The summed E-state index contributed by atoms with van der Waals surface area (Å²) in [5, 5.41) is 3.57. The quantitative estimate of drug-likeness (QED) is 0.863. The number of nitrogens with zero attached hydrogens (tertiary/aromatic N) is 1. The molecule has 0 saturated carbocycles. The first-order valence-corrected chi connectivity index (χ1v) is 7.44. The Balaban J connectivity index is 2.09. The number of para-hydroxylation sites is 1. The molecule has 1 heterocycles. The average Bonchev–Trinajstić information content (AvgIpc) is 2.47. The normalized spacial score (nSPS) is 21.6. The fourth-order valence-corrected chi connectivity index (χ4v) is 2.79. The zero-order chi connectivity index (χ0) is 14.4. The molecule has 1 aromatic rings. The maximum absolute atomic E-state index is 5.61. The summed E-state index contributed by atoms with van der Waals surface area (Å²) in [5.74, 6) is 0.958. The molecule has 1 aliphatic rings. The van der Waals surface area contributed by atoms with Crippen LogP contribution in [0.1, 0.15) is 25.5 Å². The fraction of sp³-hybridized carbons (Fsp3) is 0.625. The van der Waals surface area contributed by atoms with Gasteiger partial charge in [0.1, 0.15) is 5.75 Å². The van der Waals surface area contributed by atoms with E-state index in [1.165, 1.54) is 5.56 Å². The Hall–Kier alpha value is -1.10. The number of morpholine rings is 1. The first kappa shape index (κ1) is 15.3. The van der Waals surface area contributed by atoms with Gasteiger partial charge in [-0.15, -0.1) is 0 Å². The third-order valence-corrected chi connectivity index (χ3v) is 3.73. The summed E-state index contributed by atoms with van der Waals surface area (Å²) in [7, 11) is 1.73. The first-order chi connectivity index (χ1) is 9.74. The Morgan fingerprint density at radius 1 is 1.45 bits per heavy atom. The number of ether oxygens (including phenoxy) is 2. The van der Waals surface area contributed by atoms with E-state index in [-0.39, 0.29) is 0 Å². The van der Waals surface area contributed by atoms with Crippen LogP contribution in [0.2, 0.25) is 0 Å². The van der Waals surface area contributed by atoms with Crippen LogP contribution in [-0.4, -0.2) is 50.9 Å². The minimum absolute atomic E-state index is 0.293. The van der Waals surface area contributed by atoms with Gasteiger partial charge in [-0.3, -0.25) is 4.90 Å². The van der Waals surface area contributed by atoms with E-state index in [1.54, 1.807) is 7.11 Å². The lowest BCUT2D eigenvalue weighted by Crippen LogP contribution is -2.45. The number of nitrogens with one attached hydrogen (secondary N) is 1. The van der Waals surface area contributed by atoms with Crippen LogP contribution >= 0.6 is 0 Å². The minimum Gasteiger partial charge on any atom is -0.496 e. The largest absolute Gasteiger partial charge is 0.496 e. The van der Waals surface area contributed by atoms with Crippen molar-refractivity contribution in [2.24, 2.45) is 0 Å². The van der Waals surface area contributed by atoms with Gasteiger partial charge in [0.25, 0.3) is 0 Å². The lowest BCUT2D eigenvalue weighted by Gasteiger charge is -2.34. The van der Waals surface area contributed by atoms with Gasteiger partial charge in [-0.1, -0.05) is 25.1 Å². The topological polar surface area (TPSA) is 33.7 Å². The number of hydrogen-bond acceptors (Lipinski definition) is 4. The van der Waals surface area contributed by atoms with Gasteiger partial charge in [0.2, 0.25) is 0 Å². The summed E-state index contributed by atoms with van der Waals surface area (Å²) in [5.41, 5.74) is 1.23. The second-order valence-corrected chi connectivity index (χ2v) is 5.29. The molecule has 0 amide bonds. The summed E-state index contributed by atoms with van der Waals surface area (Å²) >= 11 is 0. The van der Waals surface area contributed by atoms with Gasteiger partial charge in [-0.25, -0.2) is 0 Å². The first-order valence-electron chi connectivity index (χ1n) is 7.44. The van der Waals surface area contributed by atoms with Crippen molar-refractivity contribution in [3.05, 3.63) is 29.8 Å². The highest BCUT2D eigenvalue weighted by Crippen LogP contribution is 2.25. The van der Waals surface area contributed by atoms with Crippen LogP contribution < -0.4 is 10.1 Å². The van der Waals surface area contributed by atoms with Gasteiger partial charge in [0, 0.05) is 31.2 Å². The molecule has 1 aliphatic heterocycles. The van der Waals surface area contributed by atoms with E-state index >= 15 is 0 Å². The molecule has 20 heavy (non-hydrogen) atoms. The molecule has 112 valence electrons. The van der Waals surface area contributed by atoms with Crippen molar-refractivity contribution in [3.63, 3.8) is 0 Å². The third kappa shape index (κ3) is 3.95. The zero-order valence-electron chi connectivity index (χ0n) is 12.8. The molecular formula is C16H26N2O2. The van der Waals surface area contributed by atoms with E-state index in [2.05, 4.69) is 36.2 Å². The third-order valence-electron chi connectivity index (χ3n) is 3.73. The van der Waals surface area contributed by atoms with Crippen molar-refractivity contribution in [1.29, 1.82) is 0 Å². The van der Waals surface area contributed by atoms with E-state index in [4.69, 9.17) is 9.47 Å². The Morgan fingerprint density at radius 3 is 2.95 bits per heavy atom. The van der Waals surface area contributed by atoms with Crippen LogP contribution in [0.15, 0.2) is 24.3 Å². The van der Waals surface area contributed by atoms with Crippen molar-refractivity contribution in [1.82, 2.24) is 10.2 Å². The highest BCUT2D eigenvalue weighted by molar-refractivity contribution is 5.36. The number of rotatable bonds is 6. The van der Waals surface area contributed by atoms with Gasteiger partial charge in [0.15, 0.2) is 0 Å². The molecule has 2 atom stereocenters. The van der Waals surface area contributed by atoms with Crippen molar-refractivity contribution < 1.29 is 9.47 Å². The number of benzene rings is 1. The van der Waals surface area contributed by atoms with E-state index in [0.717, 1.165) is 38.5 Å². The lowest BCUT2D eigenvalue weighted by atomic mass is 10.0. The molecule has 1 fully saturated rings. The molecule has 0 aliphatic carbocycles. The summed E-state index contributed by atoms with van der Waals surface area (Å²) in [6.45, 7) is 9.04. The molecule has 0 bridgehead atoms. The number of methoxy groups -OCH3 is 1. The molecule has 1 saturated heterocycles. The Kier molecular flexibility index (Phi) is 5.83. The monoisotopic (exact) mass is 278 g/mol. The number of hydrogen-bond donors (Lipinski definition) is 1. The van der Waals surface area contributed by atoms with E-state index < -0.39 is 0 Å². The van der Waals surface area contributed by atoms with Gasteiger partial charge in [-0.2, -0.15) is 0 Å². The van der Waals surface area contributed by atoms with E-state index in [9.17, 15) is 0 Å². The average molecular weight is 278 g/mol. The standard InChI is InChI=1S/C16H26N2O2/c1-4-17-15(12-18-9-10-20-13(2)11-18)14-7-5-6-8-16(14)19-3/h5-8,13,15,17H,4,9-12H2,1-3H3. The molecule has 0 radical (unpaired) electrons. The zero-order valence-corrected chi connectivity index (χ0v) is 12.8. The predicted molar refractivity (Wildman–Crippen MR) is 81.3 cm³/mol. The highest BCUT2D eigenvalue weighted by Gasteiger charge is 2.22. The van der Waals surface area contributed by atoms with Crippen molar-refractivity contribution in [3.8, 4) is 5.75 Å². The molecular weight excluding hydrogens is 252 g/mol.